The minimum absolute atomic E-state index is 0.106. The van der Waals surface area contributed by atoms with Crippen molar-refractivity contribution < 1.29 is 28.6 Å². The van der Waals surface area contributed by atoms with Crippen LogP contribution in [0.1, 0.15) is 28.8 Å². The van der Waals surface area contributed by atoms with Gasteiger partial charge in [0.15, 0.2) is 0 Å². The average molecular weight is 438 g/mol. The van der Waals surface area contributed by atoms with E-state index in [1.54, 1.807) is 13.2 Å². The van der Waals surface area contributed by atoms with Gasteiger partial charge in [0.05, 0.1) is 26.8 Å². The summed E-state index contributed by atoms with van der Waals surface area (Å²) in [5.74, 6) is 0.884. The van der Waals surface area contributed by atoms with E-state index in [0.717, 1.165) is 16.7 Å². The van der Waals surface area contributed by atoms with E-state index < -0.39 is 7.60 Å². The molecule has 10 nitrogen and oxygen atoms in total. The normalized spacial score (nSPS) is 11.2. The molecule has 0 fully saturated rings. The van der Waals surface area contributed by atoms with Crippen molar-refractivity contribution in [1.82, 2.24) is 9.97 Å². The molecule has 0 unspecified atom stereocenters. The fourth-order valence-corrected chi connectivity index (χ4v) is 3.51. The molecule has 0 saturated carbocycles. The number of aryl methyl sites for hydroxylation is 1. The van der Waals surface area contributed by atoms with Crippen LogP contribution >= 0.6 is 7.60 Å². The molecule has 0 spiro atoms. The summed E-state index contributed by atoms with van der Waals surface area (Å²) in [6.45, 7) is 2.13. The largest absolute Gasteiger partial charge is 0.496 e. The molecular weight excluding hydrogens is 411 g/mol. The molecule has 0 atom stereocenters. The Kier molecular flexibility index (Phi) is 8.16. The number of carbonyl (C=O) groups is 1. The highest BCUT2D eigenvalue weighted by Crippen LogP contribution is 2.35. The van der Waals surface area contributed by atoms with Gasteiger partial charge in [0.25, 0.3) is 0 Å². The van der Waals surface area contributed by atoms with Crippen LogP contribution in [0.3, 0.4) is 0 Å². The van der Waals surface area contributed by atoms with Gasteiger partial charge < -0.3 is 30.3 Å². The highest BCUT2D eigenvalue weighted by Gasteiger charge is 2.16. The zero-order valence-electron chi connectivity index (χ0n) is 17.2. The molecule has 1 aromatic carbocycles. The molecule has 0 amide bonds. The SMILES string of the molecule is COC(=O)Cc1ccc(Cc2c(C)nc(N)nc2NCCCP(=O)(O)O)c(OC)c1. The van der Waals surface area contributed by atoms with Crippen molar-refractivity contribution in [3.8, 4) is 5.75 Å². The maximum absolute atomic E-state index is 11.5. The third-order valence-electron chi connectivity index (χ3n) is 4.44. The Morgan fingerprint density at radius 2 is 2.00 bits per heavy atom. The van der Waals surface area contributed by atoms with Gasteiger partial charge in [-0.05, 0) is 30.5 Å². The van der Waals surface area contributed by atoms with Crippen molar-refractivity contribution >= 4 is 25.3 Å². The van der Waals surface area contributed by atoms with Gasteiger partial charge in [0, 0.05) is 24.2 Å². The number of hydrogen-bond acceptors (Lipinski definition) is 8. The van der Waals surface area contributed by atoms with E-state index in [1.165, 1.54) is 7.11 Å². The van der Waals surface area contributed by atoms with Crippen LogP contribution in [0.2, 0.25) is 0 Å². The topological polar surface area (TPSA) is 157 Å². The molecular formula is C19H27N4O6P. The fourth-order valence-electron chi connectivity index (χ4n) is 2.94. The maximum Gasteiger partial charge on any atom is 0.325 e. The van der Waals surface area contributed by atoms with Crippen molar-refractivity contribution in [1.29, 1.82) is 0 Å². The monoisotopic (exact) mass is 438 g/mol. The van der Waals surface area contributed by atoms with Gasteiger partial charge in [-0.15, -0.1) is 0 Å². The first-order chi connectivity index (χ1) is 14.1. The predicted octanol–water partition coefficient (Wildman–Crippen LogP) is 1.66. The number of nitrogens with two attached hydrogens (primary N) is 1. The Balaban J connectivity index is 2.24. The standard InChI is InChI=1S/C19H27N4O6P/c1-12-15(18(23-19(20)22-12)21-7-4-8-30(25,26)27)11-14-6-5-13(9-16(14)28-2)10-17(24)29-3/h5-6,9H,4,7-8,10-11H2,1-3H3,(H2,25,26,27)(H3,20,21,22,23). The lowest BCUT2D eigenvalue weighted by Crippen LogP contribution is -2.12. The second-order valence-electron chi connectivity index (χ2n) is 6.74. The van der Waals surface area contributed by atoms with E-state index in [9.17, 15) is 9.36 Å². The first-order valence-corrected chi connectivity index (χ1v) is 11.1. The smallest absolute Gasteiger partial charge is 0.325 e. The predicted molar refractivity (Wildman–Crippen MR) is 113 cm³/mol. The molecule has 11 heteroatoms. The lowest BCUT2D eigenvalue weighted by molar-refractivity contribution is -0.139. The highest BCUT2D eigenvalue weighted by molar-refractivity contribution is 7.51. The summed E-state index contributed by atoms with van der Waals surface area (Å²) in [6, 6.07) is 5.48. The number of nitrogens with one attached hydrogen (secondary N) is 1. The molecule has 0 radical (unpaired) electrons. The number of aromatic nitrogens is 2. The van der Waals surface area contributed by atoms with Gasteiger partial charge in [0.2, 0.25) is 5.95 Å². The van der Waals surface area contributed by atoms with Crippen LogP contribution in [0.4, 0.5) is 11.8 Å². The number of anilines is 2. The number of hydrogen-bond donors (Lipinski definition) is 4. The van der Waals surface area contributed by atoms with Gasteiger partial charge in [-0.3, -0.25) is 9.36 Å². The van der Waals surface area contributed by atoms with Crippen molar-refractivity contribution in [3.63, 3.8) is 0 Å². The molecule has 2 aromatic rings. The number of nitrogen functional groups attached to an aromatic ring is 1. The van der Waals surface area contributed by atoms with E-state index in [-0.39, 0.29) is 30.9 Å². The third-order valence-corrected chi connectivity index (χ3v) is 5.34. The number of ether oxygens (including phenoxy) is 2. The van der Waals surface area contributed by atoms with Gasteiger partial charge in [0.1, 0.15) is 11.6 Å². The number of methoxy groups -OCH3 is 2. The summed E-state index contributed by atoms with van der Waals surface area (Å²) < 4.78 is 21.2. The number of benzene rings is 1. The zero-order chi connectivity index (χ0) is 22.3. The summed E-state index contributed by atoms with van der Waals surface area (Å²) in [6.07, 6.45) is 0.640. The van der Waals surface area contributed by atoms with E-state index >= 15 is 0 Å². The minimum Gasteiger partial charge on any atom is -0.496 e. The Labute approximate surface area is 175 Å². The second kappa shape index (κ2) is 10.4. The van der Waals surface area contributed by atoms with Gasteiger partial charge in [-0.25, -0.2) is 4.98 Å². The van der Waals surface area contributed by atoms with Gasteiger partial charge in [-0.1, -0.05) is 12.1 Å². The van der Waals surface area contributed by atoms with Crippen LogP contribution in [0, 0.1) is 6.92 Å². The molecule has 0 aliphatic heterocycles. The number of rotatable bonds is 10. The zero-order valence-corrected chi connectivity index (χ0v) is 18.1. The van der Waals surface area contributed by atoms with Crippen molar-refractivity contribution in [3.05, 3.63) is 40.6 Å². The van der Waals surface area contributed by atoms with E-state index in [1.807, 2.05) is 19.1 Å². The fraction of sp³-hybridized carbons (Fsp3) is 0.421. The number of nitrogens with zero attached hydrogens (tertiary/aromatic N) is 2. The average Bonchev–Trinajstić information content (AvgIpc) is 2.67. The lowest BCUT2D eigenvalue weighted by atomic mass is 10.0. The summed E-state index contributed by atoms with van der Waals surface area (Å²) in [5, 5.41) is 3.09. The molecule has 0 saturated heterocycles. The Morgan fingerprint density at radius 3 is 2.63 bits per heavy atom. The first kappa shape index (κ1) is 23.6. The van der Waals surface area contributed by atoms with Crippen molar-refractivity contribution in [2.24, 2.45) is 0 Å². The summed E-state index contributed by atoms with van der Waals surface area (Å²) in [4.78, 5) is 38.0. The maximum atomic E-state index is 11.5. The second-order valence-corrected chi connectivity index (χ2v) is 8.52. The quantitative estimate of drug-likeness (QED) is 0.244. The minimum atomic E-state index is -4.05. The molecule has 1 aromatic heterocycles. The van der Waals surface area contributed by atoms with Crippen molar-refractivity contribution in [2.75, 3.05) is 38.0 Å². The number of esters is 1. The van der Waals surface area contributed by atoms with Crippen LogP contribution in [-0.2, 0) is 26.9 Å². The molecule has 2 rings (SSSR count). The van der Waals surface area contributed by atoms with Gasteiger partial charge >= 0.3 is 13.6 Å². The molecule has 5 N–H and O–H groups in total. The van der Waals surface area contributed by atoms with Crippen LogP contribution in [0.5, 0.6) is 5.75 Å². The molecule has 0 bridgehead atoms. The van der Waals surface area contributed by atoms with Crippen LogP contribution in [0.25, 0.3) is 0 Å². The van der Waals surface area contributed by atoms with E-state index in [4.69, 9.17) is 25.0 Å². The Hall–Kier alpha value is -2.68. The third kappa shape index (κ3) is 6.98. The Morgan fingerprint density at radius 1 is 1.27 bits per heavy atom. The molecule has 0 aliphatic carbocycles. The molecule has 1 heterocycles. The van der Waals surface area contributed by atoms with E-state index in [0.29, 0.717) is 30.2 Å². The number of carbonyl (C=O) groups excluding carboxylic acids is 1. The first-order valence-electron chi connectivity index (χ1n) is 9.27. The van der Waals surface area contributed by atoms with Crippen LogP contribution < -0.4 is 15.8 Å². The summed E-state index contributed by atoms with van der Waals surface area (Å²) in [5.41, 5.74) is 8.88. The molecule has 0 aliphatic rings. The van der Waals surface area contributed by atoms with Crippen LogP contribution in [-0.4, -0.2) is 52.7 Å². The van der Waals surface area contributed by atoms with Gasteiger partial charge in [-0.2, -0.15) is 4.98 Å². The summed E-state index contributed by atoms with van der Waals surface area (Å²) >= 11 is 0. The lowest BCUT2D eigenvalue weighted by Gasteiger charge is -2.16. The van der Waals surface area contributed by atoms with E-state index in [2.05, 4.69) is 15.3 Å². The van der Waals surface area contributed by atoms with Crippen LogP contribution in [0.15, 0.2) is 18.2 Å². The van der Waals surface area contributed by atoms with Crippen molar-refractivity contribution in [2.45, 2.75) is 26.2 Å². The highest BCUT2D eigenvalue weighted by atomic mass is 31.2. The molecule has 30 heavy (non-hydrogen) atoms. The Bertz CT molecular complexity index is 947. The molecule has 164 valence electrons. The summed E-state index contributed by atoms with van der Waals surface area (Å²) in [7, 11) is -1.16.